The van der Waals surface area contributed by atoms with Crippen LogP contribution in [0.3, 0.4) is 0 Å². The van der Waals surface area contributed by atoms with Crippen LogP contribution >= 0.6 is 11.3 Å². The van der Waals surface area contributed by atoms with Crippen LogP contribution in [0.25, 0.3) is 11.4 Å². The summed E-state index contributed by atoms with van der Waals surface area (Å²) in [6, 6.07) is -0.514. The van der Waals surface area contributed by atoms with Gasteiger partial charge in [0.1, 0.15) is 18.3 Å². The summed E-state index contributed by atoms with van der Waals surface area (Å²) >= 11 is 1.02. The number of aromatic nitrogens is 4. The van der Waals surface area contributed by atoms with Gasteiger partial charge in [0, 0.05) is 19.2 Å². The summed E-state index contributed by atoms with van der Waals surface area (Å²) in [4.78, 5) is 36.3. The molecule has 0 aromatic carbocycles. The van der Waals surface area contributed by atoms with Crippen molar-refractivity contribution in [3.05, 3.63) is 33.6 Å². The Labute approximate surface area is 151 Å². The van der Waals surface area contributed by atoms with Gasteiger partial charge in [-0.2, -0.15) is 0 Å². The van der Waals surface area contributed by atoms with Gasteiger partial charge in [-0.15, -0.1) is 5.10 Å². The minimum atomic E-state index is -0.770. The lowest BCUT2D eigenvalue weighted by molar-refractivity contribution is -0.163. The molecule has 11 heteroatoms. The van der Waals surface area contributed by atoms with Gasteiger partial charge in [-0.3, -0.25) is 14.4 Å². The maximum absolute atomic E-state index is 11.5. The van der Waals surface area contributed by atoms with Gasteiger partial charge < -0.3 is 19.2 Å². The van der Waals surface area contributed by atoms with Crippen molar-refractivity contribution in [3.63, 3.8) is 0 Å². The Hall–Kier alpha value is -2.95. The zero-order chi connectivity index (χ0) is 18.7. The smallest absolute Gasteiger partial charge is 0.304 e. The predicted octanol–water partition coefficient (Wildman–Crippen LogP) is 0.643. The molecule has 2 aromatic heterocycles. The largest absolute Gasteiger partial charge is 0.491 e. The fourth-order valence-corrected chi connectivity index (χ4v) is 3.07. The fourth-order valence-electron chi connectivity index (χ4n) is 2.49. The normalized spacial score (nSPS) is 21.8. The van der Waals surface area contributed by atoms with E-state index in [1.807, 2.05) is 0 Å². The molecule has 3 heterocycles. The van der Waals surface area contributed by atoms with Gasteiger partial charge in [0.25, 0.3) is 0 Å². The average molecular weight is 380 g/mol. The van der Waals surface area contributed by atoms with E-state index in [2.05, 4.69) is 15.3 Å². The zero-order valence-electron chi connectivity index (χ0n) is 13.9. The number of H-pyrrole nitrogens is 1. The number of hydrogen-bond acceptors (Lipinski definition) is 9. The van der Waals surface area contributed by atoms with E-state index in [1.54, 1.807) is 17.7 Å². The van der Waals surface area contributed by atoms with Crippen molar-refractivity contribution in [3.8, 4) is 11.4 Å². The van der Waals surface area contributed by atoms with Crippen molar-refractivity contribution in [1.29, 1.82) is 0 Å². The fraction of sp³-hybridized carbons (Fsp3) is 0.400. The van der Waals surface area contributed by atoms with Gasteiger partial charge in [-0.25, -0.2) is 4.68 Å². The van der Waals surface area contributed by atoms with Crippen LogP contribution in [0, 0.1) is 0 Å². The van der Waals surface area contributed by atoms with E-state index in [0.29, 0.717) is 11.4 Å². The highest BCUT2D eigenvalue weighted by molar-refractivity contribution is 7.07. The minimum Gasteiger partial charge on any atom is -0.491 e. The summed E-state index contributed by atoms with van der Waals surface area (Å²) < 4.78 is 17.3. The Kier molecular flexibility index (Phi) is 5.16. The molecule has 3 rings (SSSR count). The highest BCUT2D eigenvalue weighted by Gasteiger charge is 2.37. The molecular formula is C15H16N4O6S. The molecule has 1 aliphatic rings. The molecule has 0 saturated heterocycles. The number of carbonyl (C=O) groups is 2. The van der Waals surface area contributed by atoms with Crippen LogP contribution in [0.4, 0.5) is 0 Å². The lowest BCUT2D eigenvalue weighted by Gasteiger charge is -2.33. The Morgan fingerprint density at radius 1 is 1.38 bits per heavy atom. The summed E-state index contributed by atoms with van der Waals surface area (Å²) in [6.45, 7) is 2.48. The van der Waals surface area contributed by atoms with Crippen LogP contribution in [0.15, 0.2) is 28.7 Å². The molecular weight excluding hydrogens is 364 g/mol. The van der Waals surface area contributed by atoms with Crippen LogP contribution in [0.2, 0.25) is 0 Å². The Balaban J connectivity index is 1.86. The minimum absolute atomic E-state index is 0.0759. The molecule has 0 unspecified atom stereocenters. The van der Waals surface area contributed by atoms with E-state index in [0.717, 1.165) is 11.3 Å². The molecule has 2 aromatic rings. The molecule has 0 aliphatic carbocycles. The first-order chi connectivity index (χ1) is 12.4. The lowest BCUT2D eigenvalue weighted by Crippen LogP contribution is -2.44. The second-order valence-corrected chi connectivity index (χ2v) is 6.36. The number of esters is 2. The van der Waals surface area contributed by atoms with Gasteiger partial charge in [-0.05, 0) is 6.08 Å². The van der Waals surface area contributed by atoms with Crippen molar-refractivity contribution in [2.24, 2.45) is 0 Å². The van der Waals surface area contributed by atoms with Gasteiger partial charge >= 0.3 is 16.8 Å². The highest BCUT2D eigenvalue weighted by atomic mass is 32.1. The summed E-state index contributed by atoms with van der Waals surface area (Å²) in [6.07, 6.45) is 3.26. The predicted molar refractivity (Wildman–Crippen MR) is 89.2 cm³/mol. The Morgan fingerprint density at radius 3 is 2.85 bits per heavy atom. The van der Waals surface area contributed by atoms with Crippen LogP contribution in [0.1, 0.15) is 19.9 Å². The summed E-state index contributed by atoms with van der Waals surface area (Å²) in [7, 11) is 0. The lowest BCUT2D eigenvalue weighted by atomic mass is 10.0. The quantitative estimate of drug-likeness (QED) is 0.749. The van der Waals surface area contributed by atoms with E-state index >= 15 is 0 Å². The third kappa shape index (κ3) is 3.99. The summed E-state index contributed by atoms with van der Waals surface area (Å²) in [5.74, 6) is -0.972. The van der Waals surface area contributed by atoms with Crippen LogP contribution < -0.4 is 4.87 Å². The van der Waals surface area contributed by atoms with Crippen molar-refractivity contribution < 1.29 is 23.8 Å². The van der Waals surface area contributed by atoms with E-state index < -0.39 is 30.2 Å². The first-order valence-electron chi connectivity index (χ1n) is 7.67. The van der Waals surface area contributed by atoms with Gasteiger partial charge in [-0.1, -0.05) is 16.6 Å². The van der Waals surface area contributed by atoms with Crippen LogP contribution in [-0.2, 0) is 23.8 Å². The molecule has 10 nitrogen and oxygen atoms in total. The number of aromatic amines is 1. The standard InChI is InChI=1S/C15H16N4O6S/c1-8(20)24-6-13-14(25-9(2)21)12(3-4-23-13)19-5-10(17-18-19)11-7-26-15(22)16-11/h3-5,7,12-14H,6H2,1-2H3,(H,16,22)/t12-,13-,14-/m1/s1. The second-order valence-electron chi connectivity index (χ2n) is 5.52. The maximum atomic E-state index is 11.5. The van der Waals surface area contributed by atoms with E-state index in [1.165, 1.54) is 24.8 Å². The molecule has 0 amide bonds. The third-order valence-electron chi connectivity index (χ3n) is 3.60. The monoisotopic (exact) mass is 380 g/mol. The molecule has 138 valence electrons. The first kappa shape index (κ1) is 17.9. The molecule has 1 aliphatic heterocycles. The van der Waals surface area contributed by atoms with Crippen LogP contribution in [-0.4, -0.2) is 50.7 Å². The zero-order valence-corrected chi connectivity index (χ0v) is 14.8. The van der Waals surface area contributed by atoms with Gasteiger partial charge in [0.15, 0.2) is 12.2 Å². The third-order valence-corrected chi connectivity index (χ3v) is 4.27. The van der Waals surface area contributed by atoms with Crippen molar-refractivity contribution in [2.75, 3.05) is 6.61 Å². The Bertz CT molecular complexity index is 885. The van der Waals surface area contributed by atoms with E-state index in [4.69, 9.17) is 14.2 Å². The molecule has 0 spiro atoms. The highest BCUT2D eigenvalue weighted by Crippen LogP contribution is 2.27. The molecule has 26 heavy (non-hydrogen) atoms. The van der Waals surface area contributed by atoms with Gasteiger partial charge in [0.05, 0.1) is 18.2 Å². The molecule has 0 saturated carbocycles. The number of carbonyl (C=O) groups excluding carboxylic acids is 2. The molecule has 3 atom stereocenters. The summed E-state index contributed by atoms with van der Waals surface area (Å²) in [5.41, 5.74) is 1.02. The number of hydrogen-bond donors (Lipinski definition) is 1. The summed E-state index contributed by atoms with van der Waals surface area (Å²) in [5, 5.41) is 9.74. The topological polar surface area (TPSA) is 125 Å². The molecule has 0 fully saturated rings. The van der Waals surface area contributed by atoms with E-state index in [-0.39, 0.29) is 11.5 Å². The number of thiazole rings is 1. The van der Waals surface area contributed by atoms with Crippen molar-refractivity contribution in [2.45, 2.75) is 32.1 Å². The van der Waals surface area contributed by atoms with Gasteiger partial charge in [0.2, 0.25) is 0 Å². The maximum Gasteiger partial charge on any atom is 0.304 e. The molecule has 1 N–H and O–H groups in total. The molecule has 0 bridgehead atoms. The van der Waals surface area contributed by atoms with Crippen LogP contribution in [0.5, 0.6) is 0 Å². The molecule has 0 radical (unpaired) electrons. The first-order valence-corrected chi connectivity index (χ1v) is 8.54. The van der Waals surface area contributed by atoms with Crippen molar-refractivity contribution in [1.82, 2.24) is 20.0 Å². The number of rotatable bonds is 5. The van der Waals surface area contributed by atoms with Crippen molar-refractivity contribution >= 4 is 23.3 Å². The second kappa shape index (κ2) is 7.52. The number of nitrogens with one attached hydrogen (secondary N) is 1. The Morgan fingerprint density at radius 2 is 2.19 bits per heavy atom. The SMILES string of the molecule is CC(=O)OC[C@H]1OC=C[C@@H](n2cc(-c3csc(=O)[nH]3)nn2)[C@H]1OC(C)=O. The number of nitrogens with zero attached hydrogens (tertiary/aromatic N) is 3. The van der Waals surface area contributed by atoms with E-state index in [9.17, 15) is 14.4 Å². The number of ether oxygens (including phenoxy) is 3. The average Bonchev–Trinajstić information content (AvgIpc) is 3.22.